The van der Waals surface area contributed by atoms with E-state index in [1.54, 1.807) is 13.0 Å². The van der Waals surface area contributed by atoms with E-state index < -0.39 is 11.7 Å². The van der Waals surface area contributed by atoms with E-state index in [0.29, 0.717) is 5.56 Å². The van der Waals surface area contributed by atoms with Gasteiger partial charge in [-0.15, -0.1) is 0 Å². The molecule has 1 aromatic carbocycles. The van der Waals surface area contributed by atoms with Crippen molar-refractivity contribution in [2.24, 2.45) is 11.1 Å². The summed E-state index contributed by atoms with van der Waals surface area (Å²) in [6.45, 7) is 3.88. The first-order valence-corrected chi connectivity index (χ1v) is 7.17. The van der Waals surface area contributed by atoms with Gasteiger partial charge in [0.05, 0.1) is 5.56 Å². The Hall–Kier alpha value is -1.03. The molecule has 1 aromatic rings. The van der Waals surface area contributed by atoms with Crippen molar-refractivity contribution in [3.63, 3.8) is 0 Å². The zero-order chi connectivity index (χ0) is 15.0. The van der Waals surface area contributed by atoms with Crippen LogP contribution in [-0.4, -0.2) is 0 Å². The highest BCUT2D eigenvalue weighted by Gasteiger charge is 2.36. The fourth-order valence-electron chi connectivity index (χ4n) is 3.25. The normalized spacial score (nSPS) is 20.7. The minimum absolute atomic E-state index is 0.00274. The fraction of sp³-hybridized carbons (Fsp3) is 0.625. The maximum absolute atomic E-state index is 12.7. The molecule has 0 heterocycles. The minimum Gasteiger partial charge on any atom is -0.323 e. The second-order valence-electron chi connectivity index (χ2n) is 6.26. The summed E-state index contributed by atoms with van der Waals surface area (Å²) in [5.74, 6) is 0. The minimum atomic E-state index is -4.29. The summed E-state index contributed by atoms with van der Waals surface area (Å²) in [7, 11) is 0. The summed E-state index contributed by atoms with van der Waals surface area (Å²) in [4.78, 5) is 0. The van der Waals surface area contributed by atoms with Crippen LogP contribution >= 0.6 is 0 Å². The van der Waals surface area contributed by atoms with Crippen molar-refractivity contribution >= 4 is 0 Å². The number of rotatable bonds is 2. The van der Waals surface area contributed by atoms with E-state index in [4.69, 9.17) is 5.73 Å². The van der Waals surface area contributed by atoms with E-state index in [-0.39, 0.29) is 11.5 Å². The predicted octanol–water partition coefficient (Wildman–Crippen LogP) is 4.98. The zero-order valence-electron chi connectivity index (χ0n) is 12.1. The topological polar surface area (TPSA) is 26.0 Å². The van der Waals surface area contributed by atoms with Gasteiger partial charge in [-0.1, -0.05) is 32.3 Å². The first-order valence-electron chi connectivity index (χ1n) is 7.17. The number of benzene rings is 1. The molecule has 1 unspecified atom stereocenters. The summed E-state index contributed by atoms with van der Waals surface area (Å²) < 4.78 is 38.1. The molecule has 1 saturated carbocycles. The van der Waals surface area contributed by atoms with E-state index in [1.807, 2.05) is 0 Å². The Morgan fingerprint density at radius 1 is 1.15 bits per heavy atom. The average Bonchev–Trinajstić information content (AvgIpc) is 2.37. The monoisotopic (exact) mass is 285 g/mol. The fourth-order valence-corrected chi connectivity index (χ4v) is 3.25. The van der Waals surface area contributed by atoms with Crippen molar-refractivity contribution < 1.29 is 13.2 Å². The van der Waals surface area contributed by atoms with E-state index in [1.165, 1.54) is 12.5 Å². The van der Waals surface area contributed by atoms with Crippen LogP contribution in [0.1, 0.15) is 61.8 Å². The molecule has 2 N–H and O–H groups in total. The van der Waals surface area contributed by atoms with Crippen molar-refractivity contribution in [2.45, 2.75) is 58.2 Å². The second kappa shape index (κ2) is 5.40. The van der Waals surface area contributed by atoms with Gasteiger partial charge in [-0.2, -0.15) is 13.2 Å². The molecule has 0 radical (unpaired) electrons. The molecule has 4 heteroatoms. The molecule has 0 aliphatic heterocycles. The van der Waals surface area contributed by atoms with Crippen LogP contribution < -0.4 is 5.73 Å². The van der Waals surface area contributed by atoms with Crippen molar-refractivity contribution in [3.8, 4) is 0 Å². The first kappa shape index (κ1) is 15.4. The summed E-state index contributed by atoms with van der Waals surface area (Å²) in [6, 6.07) is 3.73. The smallest absolute Gasteiger partial charge is 0.323 e. The van der Waals surface area contributed by atoms with E-state index >= 15 is 0 Å². The van der Waals surface area contributed by atoms with E-state index in [0.717, 1.165) is 37.3 Å². The van der Waals surface area contributed by atoms with Gasteiger partial charge in [-0.3, -0.25) is 0 Å². The van der Waals surface area contributed by atoms with E-state index in [9.17, 15) is 13.2 Å². The molecule has 0 bridgehead atoms. The average molecular weight is 285 g/mol. The Morgan fingerprint density at radius 3 is 2.25 bits per heavy atom. The highest BCUT2D eigenvalue weighted by molar-refractivity contribution is 5.35. The third-order valence-corrected chi connectivity index (χ3v) is 4.68. The van der Waals surface area contributed by atoms with Crippen molar-refractivity contribution in [1.29, 1.82) is 0 Å². The van der Waals surface area contributed by atoms with Crippen LogP contribution in [0.5, 0.6) is 0 Å². The highest BCUT2D eigenvalue weighted by atomic mass is 19.4. The van der Waals surface area contributed by atoms with Crippen molar-refractivity contribution in [1.82, 2.24) is 0 Å². The van der Waals surface area contributed by atoms with Gasteiger partial charge in [0.2, 0.25) is 0 Å². The van der Waals surface area contributed by atoms with Crippen molar-refractivity contribution in [2.75, 3.05) is 0 Å². The Morgan fingerprint density at radius 2 is 1.75 bits per heavy atom. The maximum Gasteiger partial charge on any atom is 0.416 e. The number of nitrogens with two attached hydrogens (primary N) is 1. The Bertz CT molecular complexity index is 473. The molecule has 0 spiro atoms. The molecule has 1 nitrogen and oxygen atoms in total. The lowest BCUT2D eigenvalue weighted by atomic mass is 9.68. The lowest BCUT2D eigenvalue weighted by Gasteiger charge is -2.39. The van der Waals surface area contributed by atoms with Crippen LogP contribution in [0.15, 0.2) is 18.2 Å². The highest BCUT2D eigenvalue weighted by Crippen LogP contribution is 2.45. The third kappa shape index (κ3) is 3.00. The van der Waals surface area contributed by atoms with Crippen LogP contribution in [-0.2, 0) is 6.18 Å². The molecule has 1 atom stereocenters. The van der Waals surface area contributed by atoms with Gasteiger partial charge >= 0.3 is 6.18 Å². The van der Waals surface area contributed by atoms with Crippen LogP contribution in [0.4, 0.5) is 13.2 Å². The van der Waals surface area contributed by atoms with Crippen LogP contribution in [0.3, 0.4) is 0 Å². The summed E-state index contributed by atoms with van der Waals surface area (Å²) in [5, 5.41) is 0. The van der Waals surface area contributed by atoms with Crippen LogP contribution in [0, 0.1) is 12.3 Å². The Labute approximate surface area is 118 Å². The predicted molar refractivity (Wildman–Crippen MR) is 74.3 cm³/mol. The molecular formula is C16H22F3N. The van der Waals surface area contributed by atoms with Crippen LogP contribution in [0.25, 0.3) is 0 Å². The molecule has 112 valence electrons. The third-order valence-electron chi connectivity index (χ3n) is 4.68. The van der Waals surface area contributed by atoms with E-state index in [2.05, 4.69) is 6.92 Å². The van der Waals surface area contributed by atoms with Gasteiger partial charge in [0.25, 0.3) is 0 Å². The van der Waals surface area contributed by atoms with Gasteiger partial charge in [0.1, 0.15) is 0 Å². The first-order chi connectivity index (χ1) is 9.24. The molecule has 0 saturated heterocycles. The number of hydrogen-bond acceptors (Lipinski definition) is 1. The maximum atomic E-state index is 12.7. The molecule has 1 aliphatic carbocycles. The molecule has 1 fully saturated rings. The SMILES string of the molecule is Cc1cc(C(F)(F)F)ccc1C(N)C1(C)CCCCC1. The second-order valence-corrected chi connectivity index (χ2v) is 6.26. The number of hydrogen-bond donors (Lipinski definition) is 1. The standard InChI is InChI=1S/C16H22F3N/c1-11-10-12(16(17,18)19)6-7-13(11)14(20)15(2)8-4-3-5-9-15/h6-7,10,14H,3-5,8-9,20H2,1-2H3. The lowest BCUT2D eigenvalue weighted by molar-refractivity contribution is -0.137. The molecule has 1 aliphatic rings. The van der Waals surface area contributed by atoms with Gasteiger partial charge in [-0.25, -0.2) is 0 Å². The van der Waals surface area contributed by atoms with Gasteiger partial charge in [-0.05, 0) is 48.4 Å². The molecule has 20 heavy (non-hydrogen) atoms. The van der Waals surface area contributed by atoms with Gasteiger partial charge in [0, 0.05) is 6.04 Å². The Kier molecular flexibility index (Phi) is 4.14. The molecular weight excluding hydrogens is 263 g/mol. The molecule has 0 amide bonds. The van der Waals surface area contributed by atoms with Gasteiger partial charge < -0.3 is 5.73 Å². The quantitative estimate of drug-likeness (QED) is 0.814. The summed E-state index contributed by atoms with van der Waals surface area (Å²) in [5.41, 5.74) is 7.28. The van der Waals surface area contributed by atoms with Crippen molar-refractivity contribution in [3.05, 3.63) is 34.9 Å². The number of alkyl halides is 3. The van der Waals surface area contributed by atoms with Gasteiger partial charge in [0.15, 0.2) is 0 Å². The number of aryl methyl sites for hydroxylation is 1. The molecule has 2 rings (SSSR count). The van der Waals surface area contributed by atoms with Crippen LogP contribution in [0.2, 0.25) is 0 Å². The summed E-state index contributed by atoms with van der Waals surface area (Å²) >= 11 is 0. The summed E-state index contributed by atoms with van der Waals surface area (Å²) in [6.07, 6.45) is 1.35. The molecule has 0 aromatic heterocycles. The Balaban J connectivity index is 2.28. The number of halogens is 3. The lowest BCUT2D eigenvalue weighted by Crippen LogP contribution is -2.34. The zero-order valence-corrected chi connectivity index (χ0v) is 12.1. The largest absolute Gasteiger partial charge is 0.416 e.